The van der Waals surface area contributed by atoms with Crippen molar-refractivity contribution in [2.45, 2.75) is 52.6 Å². The van der Waals surface area contributed by atoms with Crippen molar-refractivity contribution in [2.24, 2.45) is 0 Å². The first-order valence-corrected chi connectivity index (χ1v) is 6.56. The number of hydrogen-bond acceptors (Lipinski definition) is 6. The van der Waals surface area contributed by atoms with Gasteiger partial charge in [-0.3, -0.25) is 9.59 Å². The molecule has 6 nitrogen and oxygen atoms in total. The average molecular weight is 274 g/mol. The molecule has 1 atom stereocenters. The van der Waals surface area contributed by atoms with Gasteiger partial charge in [0.1, 0.15) is 0 Å². The molecule has 0 aromatic rings. The van der Waals surface area contributed by atoms with Crippen molar-refractivity contribution in [1.29, 1.82) is 0 Å². The van der Waals surface area contributed by atoms with E-state index in [1.54, 1.807) is 13.8 Å². The van der Waals surface area contributed by atoms with E-state index in [2.05, 4.69) is 0 Å². The molecule has 0 saturated carbocycles. The summed E-state index contributed by atoms with van der Waals surface area (Å²) in [5.74, 6) is -1.83. The molecule has 0 heterocycles. The molecule has 19 heavy (non-hydrogen) atoms. The molecule has 0 amide bonds. The lowest BCUT2D eigenvalue weighted by atomic mass is 10.2. The Balaban J connectivity index is 4.44. The molecule has 0 fully saturated rings. The number of carbonyl (C=O) groups is 3. The van der Waals surface area contributed by atoms with Gasteiger partial charge in [-0.2, -0.15) is 0 Å². The summed E-state index contributed by atoms with van der Waals surface area (Å²) in [6.45, 7) is 5.60. The minimum atomic E-state index is -1.22. The van der Waals surface area contributed by atoms with Gasteiger partial charge >= 0.3 is 17.9 Å². The maximum Gasteiger partial charge on any atom is 0.348 e. The highest BCUT2D eigenvalue weighted by molar-refractivity contribution is 5.84. The summed E-state index contributed by atoms with van der Waals surface area (Å²) >= 11 is 0. The number of ether oxygens (including phenoxy) is 3. The third kappa shape index (κ3) is 8.18. The molecule has 0 spiro atoms. The Hall–Kier alpha value is -1.59. The Morgan fingerprint density at radius 1 is 0.947 bits per heavy atom. The van der Waals surface area contributed by atoms with Crippen LogP contribution in [0.25, 0.3) is 0 Å². The summed E-state index contributed by atoms with van der Waals surface area (Å²) in [4.78, 5) is 34.4. The van der Waals surface area contributed by atoms with Crippen LogP contribution in [0.1, 0.15) is 46.5 Å². The van der Waals surface area contributed by atoms with Gasteiger partial charge in [0.2, 0.25) is 6.10 Å². The molecule has 6 heteroatoms. The van der Waals surface area contributed by atoms with Crippen molar-refractivity contribution in [3.63, 3.8) is 0 Å². The van der Waals surface area contributed by atoms with Crippen molar-refractivity contribution in [1.82, 2.24) is 0 Å². The van der Waals surface area contributed by atoms with E-state index in [-0.39, 0.29) is 26.1 Å². The first kappa shape index (κ1) is 17.4. The maximum absolute atomic E-state index is 11.6. The third-order valence-corrected chi connectivity index (χ3v) is 2.22. The van der Waals surface area contributed by atoms with Crippen molar-refractivity contribution < 1.29 is 28.6 Å². The van der Waals surface area contributed by atoms with Crippen LogP contribution in [0.15, 0.2) is 0 Å². The number of hydrogen-bond donors (Lipinski definition) is 0. The van der Waals surface area contributed by atoms with E-state index in [9.17, 15) is 14.4 Å². The highest BCUT2D eigenvalue weighted by Gasteiger charge is 2.27. The quantitative estimate of drug-likeness (QED) is 0.469. The molecule has 0 aromatic heterocycles. The van der Waals surface area contributed by atoms with E-state index in [1.807, 2.05) is 6.92 Å². The van der Waals surface area contributed by atoms with E-state index in [0.717, 1.165) is 6.42 Å². The summed E-state index contributed by atoms with van der Waals surface area (Å²) in [7, 11) is 0. The average Bonchev–Trinajstić information content (AvgIpc) is 2.36. The van der Waals surface area contributed by atoms with Crippen molar-refractivity contribution in [3.8, 4) is 0 Å². The van der Waals surface area contributed by atoms with Crippen LogP contribution in [0.4, 0.5) is 0 Å². The fraction of sp³-hybridized carbons (Fsp3) is 0.769. The summed E-state index contributed by atoms with van der Waals surface area (Å²) in [6.07, 6.45) is 0.202. The summed E-state index contributed by atoms with van der Waals surface area (Å²) in [5, 5.41) is 0. The van der Waals surface area contributed by atoms with Gasteiger partial charge in [-0.25, -0.2) is 4.79 Å². The van der Waals surface area contributed by atoms with Crippen LogP contribution in [-0.4, -0.2) is 37.2 Å². The SMILES string of the molecule is CCCCC(=O)O[C@H](CC(=O)OCC)C(=O)OCC. The molecule has 0 unspecified atom stereocenters. The van der Waals surface area contributed by atoms with Gasteiger partial charge in [0.05, 0.1) is 19.6 Å². The molecule has 0 aliphatic carbocycles. The van der Waals surface area contributed by atoms with Crippen molar-refractivity contribution in [2.75, 3.05) is 13.2 Å². The maximum atomic E-state index is 11.6. The minimum Gasteiger partial charge on any atom is -0.466 e. The second-order valence-corrected chi connectivity index (χ2v) is 3.84. The first-order valence-electron chi connectivity index (χ1n) is 6.56. The number of esters is 3. The molecular formula is C13H22O6. The van der Waals surface area contributed by atoms with Crippen LogP contribution in [0.5, 0.6) is 0 Å². The fourth-order valence-corrected chi connectivity index (χ4v) is 1.32. The Kier molecular flexibility index (Phi) is 9.48. The van der Waals surface area contributed by atoms with Gasteiger partial charge in [0.15, 0.2) is 0 Å². The zero-order valence-electron chi connectivity index (χ0n) is 11.8. The number of rotatable bonds is 9. The molecule has 0 rings (SSSR count). The zero-order valence-corrected chi connectivity index (χ0v) is 11.8. The predicted molar refractivity (Wildman–Crippen MR) is 67.3 cm³/mol. The van der Waals surface area contributed by atoms with Gasteiger partial charge in [-0.15, -0.1) is 0 Å². The molecular weight excluding hydrogens is 252 g/mol. The Labute approximate surface area is 113 Å². The van der Waals surface area contributed by atoms with Crippen molar-refractivity contribution >= 4 is 17.9 Å². The lowest BCUT2D eigenvalue weighted by Gasteiger charge is -2.15. The van der Waals surface area contributed by atoms with Crippen molar-refractivity contribution in [3.05, 3.63) is 0 Å². The topological polar surface area (TPSA) is 78.9 Å². The van der Waals surface area contributed by atoms with Gasteiger partial charge in [-0.1, -0.05) is 13.3 Å². The third-order valence-electron chi connectivity index (χ3n) is 2.22. The minimum absolute atomic E-state index is 0.157. The van der Waals surface area contributed by atoms with Crippen LogP contribution in [0.3, 0.4) is 0 Å². The molecule has 110 valence electrons. The first-order chi connectivity index (χ1) is 9.04. The second kappa shape index (κ2) is 10.3. The normalized spacial score (nSPS) is 11.5. The van der Waals surface area contributed by atoms with E-state index in [1.165, 1.54) is 0 Å². The molecule has 0 bridgehead atoms. The van der Waals surface area contributed by atoms with Crippen LogP contribution in [-0.2, 0) is 28.6 Å². The van der Waals surface area contributed by atoms with E-state index < -0.39 is 24.0 Å². The van der Waals surface area contributed by atoms with Crippen LogP contribution in [0.2, 0.25) is 0 Å². The van der Waals surface area contributed by atoms with Crippen LogP contribution >= 0.6 is 0 Å². The fourth-order valence-electron chi connectivity index (χ4n) is 1.32. The van der Waals surface area contributed by atoms with Crippen LogP contribution < -0.4 is 0 Å². The smallest absolute Gasteiger partial charge is 0.348 e. The van der Waals surface area contributed by atoms with E-state index in [4.69, 9.17) is 14.2 Å². The van der Waals surface area contributed by atoms with Gasteiger partial charge < -0.3 is 14.2 Å². The van der Waals surface area contributed by atoms with Gasteiger partial charge in [-0.05, 0) is 20.3 Å². The summed E-state index contributed by atoms with van der Waals surface area (Å²) in [6, 6.07) is 0. The lowest BCUT2D eigenvalue weighted by molar-refractivity contribution is -0.171. The Bertz CT molecular complexity index is 300. The standard InChI is InChI=1S/C13H22O6/c1-4-7-8-11(14)19-10(13(16)18-6-3)9-12(15)17-5-2/h10H,4-9H2,1-3H3/t10-/m1/s1. The molecule has 0 N–H and O–H groups in total. The predicted octanol–water partition coefficient (Wildman–Crippen LogP) is 1.60. The Morgan fingerprint density at radius 3 is 2.11 bits per heavy atom. The summed E-state index contributed by atoms with van der Waals surface area (Å²) in [5.41, 5.74) is 0. The van der Waals surface area contributed by atoms with E-state index in [0.29, 0.717) is 6.42 Å². The largest absolute Gasteiger partial charge is 0.466 e. The number of carbonyl (C=O) groups excluding carboxylic acids is 3. The highest BCUT2D eigenvalue weighted by atomic mass is 16.6. The number of unbranched alkanes of at least 4 members (excludes halogenated alkanes) is 1. The monoisotopic (exact) mass is 274 g/mol. The van der Waals surface area contributed by atoms with E-state index >= 15 is 0 Å². The zero-order chi connectivity index (χ0) is 14.7. The molecule has 0 aliphatic heterocycles. The summed E-state index contributed by atoms with van der Waals surface area (Å²) < 4.78 is 14.5. The van der Waals surface area contributed by atoms with Crippen LogP contribution in [0, 0.1) is 0 Å². The molecule has 0 saturated heterocycles. The molecule has 0 radical (unpaired) electrons. The van der Waals surface area contributed by atoms with Gasteiger partial charge in [0, 0.05) is 6.42 Å². The van der Waals surface area contributed by atoms with Gasteiger partial charge in [0.25, 0.3) is 0 Å². The lowest BCUT2D eigenvalue weighted by Crippen LogP contribution is -2.32. The Morgan fingerprint density at radius 2 is 1.58 bits per heavy atom. The molecule has 0 aromatic carbocycles. The molecule has 0 aliphatic rings. The second-order valence-electron chi connectivity index (χ2n) is 3.84. The highest BCUT2D eigenvalue weighted by Crippen LogP contribution is 2.07.